The molecule has 0 aliphatic carbocycles. The van der Waals surface area contributed by atoms with Gasteiger partial charge in [-0.25, -0.2) is 0 Å². The van der Waals surface area contributed by atoms with Crippen LogP contribution in [0.5, 0.6) is 0 Å². The molecule has 0 aromatic carbocycles. The van der Waals surface area contributed by atoms with Crippen molar-refractivity contribution in [1.82, 2.24) is 10.6 Å². The van der Waals surface area contributed by atoms with Crippen LogP contribution in [0.25, 0.3) is 0 Å². The Kier molecular flexibility index (Phi) is 4.90. The Labute approximate surface area is 97.6 Å². The highest BCUT2D eigenvalue weighted by atomic mass is 16.3. The van der Waals surface area contributed by atoms with E-state index < -0.39 is 0 Å². The third-order valence-electron chi connectivity index (χ3n) is 3.26. The van der Waals surface area contributed by atoms with Gasteiger partial charge in [-0.3, -0.25) is 0 Å². The summed E-state index contributed by atoms with van der Waals surface area (Å²) in [6.07, 6.45) is 6.77. The van der Waals surface area contributed by atoms with E-state index in [-0.39, 0.29) is 0 Å². The largest absolute Gasteiger partial charge is 0.469 e. The number of hydrogen-bond acceptors (Lipinski definition) is 3. The van der Waals surface area contributed by atoms with E-state index in [1.807, 2.05) is 12.1 Å². The first-order valence-corrected chi connectivity index (χ1v) is 6.39. The van der Waals surface area contributed by atoms with Gasteiger partial charge in [-0.15, -0.1) is 0 Å². The Bertz CT molecular complexity index is 265. The molecule has 1 aliphatic heterocycles. The Morgan fingerprint density at radius 3 is 3.19 bits per heavy atom. The summed E-state index contributed by atoms with van der Waals surface area (Å²) in [6.45, 7) is 4.57. The molecule has 3 nitrogen and oxygen atoms in total. The normalized spacial score (nSPS) is 21.1. The summed E-state index contributed by atoms with van der Waals surface area (Å²) in [4.78, 5) is 0. The van der Waals surface area contributed by atoms with Crippen LogP contribution in [0.2, 0.25) is 0 Å². The fourth-order valence-electron chi connectivity index (χ4n) is 2.27. The van der Waals surface area contributed by atoms with Gasteiger partial charge in [0.2, 0.25) is 0 Å². The maximum Gasteiger partial charge on any atom is 0.105 e. The molecule has 1 unspecified atom stereocenters. The monoisotopic (exact) mass is 222 g/mol. The fourth-order valence-corrected chi connectivity index (χ4v) is 2.27. The molecule has 1 aromatic rings. The van der Waals surface area contributed by atoms with E-state index in [1.165, 1.54) is 32.4 Å². The van der Waals surface area contributed by atoms with E-state index in [0.29, 0.717) is 0 Å². The first-order valence-electron chi connectivity index (χ1n) is 6.39. The van der Waals surface area contributed by atoms with E-state index >= 15 is 0 Å². The van der Waals surface area contributed by atoms with E-state index in [2.05, 4.69) is 10.6 Å². The topological polar surface area (TPSA) is 37.2 Å². The van der Waals surface area contributed by atoms with Crippen molar-refractivity contribution >= 4 is 0 Å². The lowest BCUT2D eigenvalue weighted by Gasteiger charge is -2.22. The molecular formula is C13H22N2O. The van der Waals surface area contributed by atoms with Gasteiger partial charge in [0.1, 0.15) is 5.76 Å². The standard InChI is InChI=1S/C13H22N2O/c1-3-12(11-15-7-1)5-8-14-9-6-13-4-2-10-16-13/h2,4,10,12,14-15H,1,3,5-9,11H2. The summed E-state index contributed by atoms with van der Waals surface area (Å²) in [6, 6.07) is 3.98. The average molecular weight is 222 g/mol. The molecule has 0 spiro atoms. The van der Waals surface area contributed by atoms with Gasteiger partial charge >= 0.3 is 0 Å². The molecule has 2 N–H and O–H groups in total. The summed E-state index contributed by atoms with van der Waals surface area (Å²) in [5, 5.41) is 6.94. The fraction of sp³-hybridized carbons (Fsp3) is 0.692. The highest BCUT2D eigenvalue weighted by Gasteiger charge is 2.11. The minimum atomic E-state index is 0.880. The lowest BCUT2D eigenvalue weighted by atomic mass is 9.96. The van der Waals surface area contributed by atoms with Gasteiger partial charge in [0.05, 0.1) is 6.26 Å². The zero-order valence-corrected chi connectivity index (χ0v) is 9.87. The Morgan fingerprint density at radius 1 is 1.44 bits per heavy atom. The molecule has 0 amide bonds. The van der Waals surface area contributed by atoms with Crippen LogP contribution in [0.4, 0.5) is 0 Å². The maximum absolute atomic E-state index is 5.28. The first-order chi connectivity index (χ1) is 7.95. The van der Waals surface area contributed by atoms with Crippen LogP contribution in [0, 0.1) is 5.92 Å². The first kappa shape index (κ1) is 11.7. The van der Waals surface area contributed by atoms with Gasteiger partial charge < -0.3 is 15.1 Å². The Hall–Kier alpha value is -0.800. The minimum absolute atomic E-state index is 0.880. The van der Waals surface area contributed by atoms with Crippen LogP contribution >= 0.6 is 0 Å². The van der Waals surface area contributed by atoms with Crippen molar-refractivity contribution in [2.75, 3.05) is 26.2 Å². The van der Waals surface area contributed by atoms with Crippen LogP contribution in [-0.4, -0.2) is 26.2 Å². The minimum Gasteiger partial charge on any atom is -0.469 e. The SMILES string of the molecule is c1coc(CCNCCC2CCCNC2)c1. The molecule has 0 saturated carbocycles. The van der Waals surface area contributed by atoms with Gasteiger partial charge in [0.15, 0.2) is 0 Å². The number of piperidine rings is 1. The van der Waals surface area contributed by atoms with E-state index in [0.717, 1.165) is 31.2 Å². The molecule has 90 valence electrons. The van der Waals surface area contributed by atoms with Gasteiger partial charge in [-0.05, 0) is 56.9 Å². The molecule has 1 atom stereocenters. The Balaban J connectivity index is 1.48. The van der Waals surface area contributed by atoms with Crippen LogP contribution in [-0.2, 0) is 6.42 Å². The van der Waals surface area contributed by atoms with Gasteiger partial charge in [0.25, 0.3) is 0 Å². The van der Waals surface area contributed by atoms with Gasteiger partial charge in [-0.1, -0.05) is 0 Å². The van der Waals surface area contributed by atoms with Crippen LogP contribution < -0.4 is 10.6 Å². The second-order valence-electron chi connectivity index (χ2n) is 4.58. The highest BCUT2D eigenvalue weighted by Crippen LogP contribution is 2.12. The second kappa shape index (κ2) is 6.71. The summed E-state index contributed by atoms with van der Waals surface area (Å²) >= 11 is 0. The highest BCUT2D eigenvalue weighted by molar-refractivity contribution is 4.98. The third-order valence-corrected chi connectivity index (χ3v) is 3.26. The summed E-state index contributed by atoms with van der Waals surface area (Å²) < 4.78 is 5.28. The molecule has 1 aromatic heterocycles. The summed E-state index contributed by atoms with van der Waals surface area (Å²) in [5.74, 6) is 1.96. The number of furan rings is 1. The van der Waals surface area contributed by atoms with Crippen LogP contribution in [0.3, 0.4) is 0 Å². The molecular weight excluding hydrogens is 200 g/mol. The average Bonchev–Trinajstić information content (AvgIpc) is 2.83. The van der Waals surface area contributed by atoms with Crippen molar-refractivity contribution in [3.05, 3.63) is 24.2 Å². The van der Waals surface area contributed by atoms with E-state index in [1.54, 1.807) is 6.26 Å². The Morgan fingerprint density at radius 2 is 2.44 bits per heavy atom. The van der Waals surface area contributed by atoms with Crippen molar-refractivity contribution < 1.29 is 4.42 Å². The van der Waals surface area contributed by atoms with Crippen molar-refractivity contribution in [2.45, 2.75) is 25.7 Å². The van der Waals surface area contributed by atoms with Gasteiger partial charge in [-0.2, -0.15) is 0 Å². The van der Waals surface area contributed by atoms with E-state index in [4.69, 9.17) is 4.42 Å². The van der Waals surface area contributed by atoms with Crippen molar-refractivity contribution in [1.29, 1.82) is 0 Å². The van der Waals surface area contributed by atoms with Crippen LogP contribution in [0.1, 0.15) is 25.0 Å². The number of rotatable bonds is 6. The van der Waals surface area contributed by atoms with Gasteiger partial charge in [0, 0.05) is 13.0 Å². The lowest BCUT2D eigenvalue weighted by Crippen LogP contribution is -2.32. The smallest absolute Gasteiger partial charge is 0.105 e. The second-order valence-corrected chi connectivity index (χ2v) is 4.58. The zero-order chi connectivity index (χ0) is 11.1. The molecule has 1 saturated heterocycles. The lowest BCUT2D eigenvalue weighted by molar-refractivity contribution is 0.351. The third kappa shape index (κ3) is 3.99. The molecule has 3 heteroatoms. The molecule has 1 fully saturated rings. The van der Waals surface area contributed by atoms with Crippen LogP contribution in [0.15, 0.2) is 22.8 Å². The predicted molar refractivity (Wildman–Crippen MR) is 65.5 cm³/mol. The molecule has 0 radical (unpaired) electrons. The number of nitrogens with one attached hydrogen (secondary N) is 2. The molecule has 1 aliphatic rings. The molecule has 2 heterocycles. The summed E-state index contributed by atoms with van der Waals surface area (Å²) in [7, 11) is 0. The molecule has 16 heavy (non-hydrogen) atoms. The summed E-state index contributed by atoms with van der Waals surface area (Å²) in [5.41, 5.74) is 0. The quantitative estimate of drug-likeness (QED) is 0.721. The zero-order valence-electron chi connectivity index (χ0n) is 9.87. The predicted octanol–water partition coefficient (Wildman–Crippen LogP) is 1.80. The van der Waals surface area contributed by atoms with E-state index in [9.17, 15) is 0 Å². The van der Waals surface area contributed by atoms with Crippen molar-refractivity contribution in [3.63, 3.8) is 0 Å². The number of hydrogen-bond donors (Lipinski definition) is 2. The van der Waals surface area contributed by atoms with Crippen molar-refractivity contribution in [3.8, 4) is 0 Å². The van der Waals surface area contributed by atoms with Crippen molar-refractivity contribution in [2.24, 2.45) is 5.92 Å². The molecule has 0 bridgehead atoms. The maximum atomic E-state index is 5.28. The molecule has 2 rings (SSSR count).